The summed E-state index contributed by atoms with van der Waals surface area (Å²) in [5.41, 5.74) is 6.14. The molecule has 0 unspecified atom stereocenters. The molecule has 1 aliphatic rings. The highest BCUT2D eigenvalue weighted by Gasteiger charge is 2.23. The number of methoxy groups -OCH3 is 1. The van der Waals surface area contributed by atoms with Crippen LogP contribution in [0.25, 0.3) is 16.7 Å². The predicted molar refractivity (Wildman–Crippen MR) is 122 cm³/mol. The molecule has 8 heteroatoms. The molecule has 8 nitrogen and oxygen atoms in total. The van der Waals surface area contributed by atoms with Crippen LogP contribution in [0.4, 0.5) is 5.82 Å². The smallest absolute Gasteiger partial charge is 0.137 e. The monoisotopic (exact) mass is 425 g/mol. The van der Waals surface area contributed by atoms with Gasteiger partial charge in [-0.1, -0.05) is 23.4 Å². The fourth-order valence-corrected chi connectivity index (χ4v) is 3.97. The lowest BCUT2D eigenvalue weighted by Crippen LogP contribution is -2.04. The first-order chi connectivity index (χ1) is 15.7. The van der Waals surface area contributed by atoms with Gasteiger partial charge in [0.15, 0.2) is 0 Å². The van der Waals surface area contributed by atoms with Gasteiger partial charge < -0.3 is 14.5 Å². The molecule has 0 aliphatic heterocycles. The summed E-state index contributed by atoms with van der Waals surface area (Å²) in [4.78, 5) is 9.23. The molecule has 32 heavy (non-hydrogen) atoms. The van der Waals surface area contributed by atoms with Gasteiger partial charge in [-0.2, -0.15) is 0 Å². The van der Waals surface area contributed by atoms with Crippen LogP contribution in [-0.2, 0) is 13.1 Å². The molecular weight excluding hydrogens is 402 g/mol. The Morgan fingerprint density at radius 1 is 1.09 bits per heavy atom. The number of hydrogen-bond donors (Lipinski definition) is 1. The Bertz CT molecular complexity index is 1400. The number of hydrogen-bond acceptors (Lipinski definition) is 6. The molecule has 0 bridgehead atoms. The molecule has 5 aromatic rings. The highest BCUT2D eigenvalue weighted by molar-refractivity contribution is 5.76. The molecule has 0 spiro atoms. The van der Waals surface area contributed by atoms with Gasteiger partial charge in [-0.3, -0.25) is 0 Å². The molecule has 1 N–H and O–H groups in total. The summed E-state index contributed by atoms with van der Waals surface area (Å²) in [5.74, 6) is 2.35. The molecular formula is C24H23N7O. The Labute approximate surface area is 184 Å². The van der Waals surface area contributed by atoms with Crippen molar-refractivity contribution in [3.05, 3.63) is 77.9 Å². The first-order valence-electron chi connectivity index (χ1n) is 10.8. The molecule has 0 saturated heterocycles. The van der Waals surface area contributed by atoms with Crippen molar-refractivity contribution in [1.82, 2.24) is 29.4 Å². The van der Waals surface area contributed by atoms with Crippen LogP contribution in [0.2, 0.25) is 0 Å². The third kappa shape index (κ3) is 3.64. The first-order valence-corrected chi connectivity index (χ1v) is 10.8. The van der Waals surface area contributed by atoms with Gasteiger partial charge in [0.05, 0.1) is 31.1 Å². The topological polar surface area (TPSA) is 82.2 Å². The van der Waals surface area contributed by atoms with Crippen LogP contribution in [0.15, 0.2) is 61.1 Å². The van der Waals surface area contributed by atoms with E-state index in [9.17, 15) is 0 Å². The molecule has 6 rings (SSSR count). The highest BCUT2D eigenvalue weighted by Crippen LogP contribution is 2.39. The third-order valence-corrected chi connectivity index (χ3v) is 5.92. The average Bonchev–Trinajstić information content (AvgIpc) is 3.49. The fraction of sp³-hybridized carbons (Fsp3) is 0.250. The largest absolute Gasteiger partial charge is 0.497 e. The summed E-state index contributed by atoms with van der Waals surface area (Å²) >= 11 is 0. The second kappa shape index (κ2) is 7.64. The number of ether oxygens (including phenoxy) is 1. The predicted octanol–water partition coefficient (Wildman–Crippen LogP) is 4.02. The van der Waals surface area contributed by atoms with Crippen LogP contribution in [-0.4, -0.2) is 36.5 Å². The number of nitrogens with zero attached hydrogens (tertiary/aromatic N) is 6. The van der Waals surface area contributed by atoms with Gasteiger partial charge in [0, 0.05) is 25.0 Å². The third-order valence-electron chi connectivity index (χ3n) is 5.92. The van der Waals surface area contributed by atoms with Crippen molar-refractivity contribution < 1.29 is 4.74 Å². The van der Waals surface area contributed by atoms with Gasteiger partial charge in [-0.05, 0) is 48.1 Å². The summed E-state index contributed by atoms with van der Waals surface area (Å²) in [7, 11) is 1.67. The number of benzene rings is 1. The first kappa shape index (κ1) is 18.8. The summed E-state index contributed by atoms with van der Waals surface area (Å²) in [5, 5.41) is 12.0. The average molecular weight is 425 g/mol. The Morgan fingerprint density at radius 3 is 2.78 bits per heavy atom. The lowest BCUT2D eigenvalue weighted by Gasteiger charge is -2.07. The standard InChI is InChI=1S/C24H23N7O/c1-32-20-7-2-16(3-8-20)11-25-23-10-22-21(12-26-23)28-29-31(22)15-19-14-30-13-18(17-4-5-17)6-9-24(30)27-19/h2-3,6-10,12-14,17H,4-5,11,15H2,1H3,(H,25,26). The Balaban J connectivity index is 1.22. The number of fused-ring (bicyclic) bond motifs is 2. The van der Waals surface area contributed by atoms with E-state index in [-0.39, 0.29) is 0 Å². The number of rotatable bonds is 7. The zero-order chi connectivity index (χ0) is 21.5. The van der Waals surface area contributed by atoms with Crippen LogP contribution < -0.4 is 10.1 Å². The molecule has 1 saturated carbocycles. The van der Waals surface area contributed by atoms with Crippen LogP contribution in [0.1, 0.15) is 35.6 Å². The van der Waals surface area contributed by atoms with Crippen molar-refractivity contribution in [2.45, 2.75) is 31.8 Å². The maximum absolute atomic E-state index is 5.22. The van der Waals surface area contributed by atoms with E-state index in [0.717, 1.165) is 45.4 Å². The fourth-order valence-electron chi connectivity index (χ4n) is 3.97. The van der Waals surface area contributed by atoms with Crippen molar-refractivity contribution in [3.63, 3.8) is 0 Å². The maximum atomic E-state index is 5.22. The quantitative estimate of drug-likeness (QED) is 0.424. The van der Waals surface area contributed by atoms with Crippen molar-refractivity contribution in [3.8, 4) is 5.75 Å². The van der Waals surface area contributed by atoms with Crippen LogP contribution in [0, 0.1) is 0 Å². The minimum Gasteiger partial charge on any atom is -0.497 e. The maximum Gasteiger partial charge on any atom is 0.137 e. The Kier molecular flexibility index (Phi) is 4.49. The molecule has 1 aromatic carbocycles. The van der Waals surface area contributed by atoms with Crippen molar-refractivity contribution in [2.24, 2.45) is 0 Å². The number of aromatic nitrogens is 6. The molecule has 1 fully saturated rings. The van der Waals surface area contributed by atoms with Crippen molar-refractivity contribution in [2.75, 3.05) is 12.4 Å². The molecule has 160 valence electrons. The van der Waals surface area contributed by atoms with E-state index in [1.54, 1.807) is 13.3 Å². The van der Waals surface area contributed by atoms with E-state index in [0.29, 0.717) is 13.1 Å². The van der Waals surface area contributed by atoms with E-state index in [4.69, 9.17) is 9.72 Å². The van der Waals surface area contributed by atoms with Crippen LogP contribution >= 0.6 is 0 Å². The molecule has 0 radical (unpaired) electrons. The summed E-state index contributed by atoms with van der Waals surface area (Å²) in [6, 6.07) is 14.3. The number of imidazole rings is 1. The highest BCUT2D eigenvalue weighted by atomic mass is 16.5. The van der Waals surface area contributed by atoms with Gasteiger partial charge >= 0.3 is 0 Å². The Hall–Kier alpha value is -3.94. The van der Waals surface area contributed by atoms with Crippen molar-refractivity contribution in [1.29, 1.82) is 0 Å². The number of nitrogens with one attached hydrogen (secondary N) is 1. The molecule has 0 amide bonds. The lowest BCUT2D eigenvalue weighted by molar-refractivity contribution is 0.414. The SMILES string of the molecule is COc1ccc(CNc2cc3c(cn2)nnn3Cc2cn3cc(C4CC4)ccc3n2)cc1. The normalized spacial score (nSPS) is 13.7. The van der Waals surface area contributed by atoms with Gasteiger partial charge in [0.2, 0.25) is 0 Å². The lowest BCUT2D eigenvalue weighted by atomic mass is 10.2. The van der Waals surface area contributed by atoms with E-state index in [1.807, 2.05) is 35.0 Å². The van der Waals surface area contributed by atoms with Crippen LogP contribution in [0.5, 0.6) is 5.75 Å². The van der Waals surface area contributed by atoms with Gasteiger partial charge in [-0.15, -0.1) is 5.10 Å². The van der Waals surface area contributed by atoms with Gasteiger partial charge in [-0.25, -0.2) is 14.6 Å². The van der Waals surface area contributed by atoms with Gasteiger partial charge in [0.25, 0.3) is 0 Å². The van der Waals surface area contributed by atoms with Crippen LogP contribution in [0.3, 0.4) is 0 Å². The minimum absolute atomic E-state index is 0.554. The summed E-state index contributed by atoms with van der Waals surface area (Å²) in [6.07, 6.45) is 8.62. The summed E-state index contributed by atoms with van der Waals surface area (Å²) in [6.45, 7) is 1.22. The van der Waals surface area contributed by atoms with E-state index >= 15 is 0 Å². The zero-order valence-corrected chi connectivity index (χ0v) is 17.8. The molecule has 0 atom stereocenters. The van der Waals surface area contributed by atoms with E-state index in [1.165, 1.54) is 18.4 Å². The second-order valence-electron chi connectivity index (χ2n) is 8.24. The minimum atomic E-state index is 0.554. The summed E-state index contributed by atoms with van der Waals surface area (Å²) < 4.78 is 9.21. The van der Waals surface area contributed by atoms with Gasteiger partial charge in [0.1, 0.15) is 22.7 Å². The Morgan fingerprint density at radius 2 is 1.97 bits per heavy atom. The molecule has 4 heterocycles. The second-order valence-corrected chi connectivity index (χ2v) is 8.24. The van der Waals surface area contributed by atoms with Crippen molar-refractivity contribution >= 4 is 22.5 Å². The number of anilines is 1. The van der Waals surface area contributed by atoms with E-state index < -0.39 is 0 Å². The van der Waals surface area contributed by atoms with E-state index in [2.05, 4.69) is 49.5 Å². The number of pyridine rings is 2. The zero-order valence-electron chi connectivity index (χ0n) is 17.8. The molecule has 1 aliphatic carbocycles. The molecule has 4 aromatic heterocycles.